The molecule has 0 amide bonds. The molecule has 0 aliphatic rings. The van der Waals surface area contributed by atoms with Gasteiger partial charge in [0.1, 0.15) is 0 Å². The van der Waals surface area contributed by atoms with E-state index >= 15 is 0 Å². The van der Waals surface area contributed by atoms with Crippen molar-refractivity contribution in [1.29, 1.82) is 5.41 Å². The van der Waals surface area contributed by atoms with Gasteiger partial charge in [-0.3, -0.25) is 5.41 Å². The molecule has 3 nitrogen and oxygen atoms in total. The smallest absolute Gasteiger partial charge is 0.0968 e. The molecule has 1 atom stereocenters. The molecule has 0 saturated heterocycles. The molecule has 88 valence electrons. The van der Waals surface area contributed by atoms with Gasteiger partial charge in [0.05, 0.1) is 10.9 Å². The lowest BCUT2D eigenvalue weighted by Crippen LogP contribution is -2.16. The van der Waals surface area contributed by atoms with Gasteiger partial charge in [0.25, 0.3) is 0 Å². The van der Waals surface area contributed by atoms with Crippen LogP contribution in [0.3, 0.4) is 0 Å². The number of amidine groups is 1. The van der Waals surface area contributed by atoms with Gasteiger partial charge in [-0.1, -0.05) is 6.92 Å². The average Bonchev–Trinajstić information content (AvgIpc) is 2.14. The summed E-state index contributed by atoms with van der Waals surface area (Å²) in [5, 5.41) is 8.71. The summed E-state index contributed by atoms with van der Waals surface area (Å²) in [6.45, 7) is 6.19. The first kappa shape index (κ1) is 13.0. The van der Waals surface area contributed by atoms with E-state index in [0.29, 0.717) is 11.7 Å². The van der Waals surface area contributed by atoms with Gasteiger partial charge in [-0.15, -0.1) is 11.8 Å². The second-order valence-electron chi connectivity index (χ2n) is 4.00. The van der Waals surface area contributed by atoms with Gasteiger partial charge in [0.15, 0.2) is 0 Å². The molecule has 1 aromatic rings. The van der Waals surface area contributed by atoms with E-state index in [4.69, 9.17) is 11.1 Å². The number of pyridine rings is 1. The number of thioether (sulfide) groups is 1. The molecule has 0 aliphatic heterocycles. The summed E-state index contributed by atoms with van der Waals surface area (Å²) >= 11 is 1.71. The maximum Gasteiger partial charge on any atom is 0.0968 e. The highest BCUT2D eigenvalue weighted by atomic mass is 32.2. The molecule has 1 unspecified atom stereocenters. The Labute approximate surface area is 101 Å². The van der Waals surface area contributed by atoms with Gasteiger partial charge in [0, 0.05) is 17.4 Å². The summed E-state index contributed by atoms with van der Waals surface area (Å²) in [7, 11) is 0. The van der Waals surface area contributed by atoms with E-state index < -0.39 is 0 Å². The molecular formula is C12H19N3S. The second-order valence-corrected chi connectivity index (χ2v) is 5.32. The van der Waals surface area contributed by atoms with Crippen LogP contribution in [0.2, 0.25) is 0 Å². The lowest BCUT2D eigenvalue weighted by atomic mass is 10.2. The number of nitrogens with zero attached hydrogens (tertiary/aromatic N) is 1. The highest BCUT2D eigenvalue weighted by molar-refractivity contribution is 7.99. The number of rotatable bonds is 5. The van der Waals surface area contributed by atoms with E-state index in [1.165, 1.54) is 5.56 Å². The molecule has 0 aliphatic carbocycles. The number of hydrogen-bond acceptors (Lipinski definition) is 3. The third-order valence-corrected chi connectivity index (χ3v) is 3.55. The SMILES string of the molecule is CCC(CC(=N)N)Sc1cc(C)cc(C)n1. The van der Waals surface area contributed by atoms with Crippen LogP contribution in [0.1, 0.15) is 31.0 Å². The molecule has 16 heavy (non-hydrogen) atoms. The Bertz CT molecular complexity index is 356. The Morgan fingerprint density at radius 2 is 2.19 bits per heavy atom. The number of nitrogens with two attached hydrogens (primary N) is 1. The molecule has 1 rings (SSSR count). The standard InChI is InChI=1S/C12H19N3S/c1-4-10(7-11(13)14)16-12-6-8(2)5-9(3)15-12/h5-6,10H,4,7H2,1-3H3,(H3,13,14). The molecule has 4 heteroatoms. The van der Waals surface area contributed by atoms with Gasteiger partial charge >= 0.3 is 0 Å². The van der Waals surface area contributed by atoms with Crippen molar-refractivity contribution in [2.45, 2.75) is 43.9 Å². The van der Waals surface area contributed by atoms with Crippen LogP contribution in [0.15, 0.2) is 17.2 Å². The summed E-state index contributed by atoms with van der Waals surface area (Å²) in [6, 6.07) is 4.15. The predicted octanol–water partition coefficient (Wildman–Crippen LogP) is 2.90. The number of nitrogens with one attached hydrogen (secondary N) is 1. The first-order valence-corrected chi connectivity index (χ1v) is 6.34. The third kappa shape index (κ3) is 4.23. The van der Waals surface area contributed by atoms with Crippen LogP contribution in [0.5, 0.6) is 0 Å². The fraction of sp³-hybridized carbons (Fsp3) is 0.500. The first-order chi connectivity index (χ1) is 7.51. The molecule has 0 fully saturated rings. The number of aryl methyl sites for hydroxylation is 2. The normalized spacial score (nSPS) is 12.4. The Balaban J connectivity index is 2.73. The van der Waals surface area contributed by atoms with Crippen molar-refractivity contribution in [3.63, 3.8) is 0 Å². The van der Waals surface area contributed by atoms with Crippen molar-refractivity contribution >= 4 is 17.6 Å². The summed E-state index contributed by atoms with van der Waals surface area (Å²) in [5.74, 6) is 0.253. The Kier molecular flexibility index (Phi) is 4.80. The minimum Gasteiger partial charge on any atom is -0.388 e. The van der Waals surface area contributed by atoms with Crippen molar-refractivity contribution in [2.75, 3.05) is 0 Å². The van der Waals surface area contributed by atoms with Crippen molar-refractivity contribution in [2.24, 2.45) is 5.73 Å². The van der Waals surface area contributed by atoms with Crippen LogP contribution >= 0.6 is 11.8 Å². The van der Waals surface area contributed by atoms with Gasteiger partial charge in [-0.2, -0.15) is 0 Å². The maximum absolute atomic E-state index is 7.32. The Morgan fingerprint density at radius 1 is 1.50 bits per heavy atom. The van der Waals surface area contributed by atoms with E-state index in [1.54, 1.807) is 11.8 Å². The summed E-state index contributed by atoms with van der Waals surface area (Å²) in [5.41, 5.74) is 7.70. The Morgan fingerprint density at radius 3 is 2.69 bits per heavy atom. The van der Waals surface area contributed by atoms with E-state index in [-0.39, 0.29) is 5.84 Å². The summed E-state index contributed by atoms with van der Waals surface area (Å²) in [6.07, 6.45) is 1.63. The average molecular weight is 237 g/mol. The van der Waals surface area contributed by atoms with Gasteiger partial charge in [-0.05, 0) is 38.0 Å². The van der Waals surface area contributed by atoms with Crippen LogP contribution in [-0.2, 0) is 0 Å². The van der Waals surface area contributed by atoms with Crippen molar-refractivity contribution < 1.29 is 0 Å². The zero-order valence-corrected chi connectivity index (χ0v) is 10.9. The van der Waals surface area contributed by atoms with Gasteiger partial charge < -0.3 is 5.73 Å². The molecule has 0 saturated carbocycles. The molecule has 1 heterocycles. The lowest BCUT2D eigenvalue weighted by Gasteiger charge is -2.13. The molecular weight excluding hydrogens is 218 g/mol. The zero-order valence-electron chi connectivity index (χ0n) is 10.1. The second kappa shape index (κ2) is 5.89. The maximum atomic E-state index is 7.32. The summed E-state index contributed by atoms with van der Waals surface area (Å²) < 4.78 is 0. The molecule has 0 bridgehead atoms. The minimum atomic E-state index is 0.253. The quantitative estimate of drug-likeness (QED) is 0.470. The summed E-state index contributed by atoms with van der Waals surface area (Å²) in [4.78, 5) is 4.48. The number of hydrogen-bond donors (Lipinski definition) is 2. The topological polar surface area (TPSA) is 62.8 Å². The van der Waals surface area contributed by atoms with E-state index in [2.05, 4.69) is 31.0 Å². The van der Waals surface area contributed by atoms with Crippen LogP contribution in [-0.4, -0.2) is 16.1 Å². The van der Waals surface area contributed by atoms with Crippen LogP contribution in [0.4, 0.5) is 0 Å². The minimum absolute atomic E-state index is 0.253. The fourth-order valence-corrected chi connectivity index (χ4v) is 2.77. The molecule has 3 N–H and O–H groups in total. The van der Waals surface area contributed by atoms with Crippen molar-refractivity contribution in [3.05, 3.63) is 23.4 Å². The monoisotopic (exact) mass is 237 g/mol. The van der Waals surface area contributed by atoms with Crippen LogP contribution in [0.25, 0.3) is 0 Å². The lowest BCUT2D eigenvalue weighted by molar-refractivity contribution is 0.844. The van der Waals surface area contributed by atoms with Crippen LogP contribution in [0, 0.1) is 19.3 Å². The number of aromatic nitrogens is 1. The Hall–Kier alpha value is -1.03. The third-order valence-electron chi connectivity index (χ3n) is 2.26. The van der Waals surface area contributed by atoms with E-state index in [1.807, 2.05) is 6.92 Å². The van der Waals surface area contributed by atoms with Crippen molar-refractivity contribution in [3.8, 4) is 0 Å². The van der Waals surface area contributed by atoms with Crippen molar-refractivity contribution in [1.82, 2.24) is 4.98 Å². The van der Waals surface area contributed by atoms with E-state index in [0.717, 1.165) is 17.1 Å². The van der Waals surface area contributed by atoms with E-state index in [9.17, 15) is 0 Å². The highest BCUT2D eigenvalue weighted by Crippen LogP contribution is 2.26. The predicted molar refractivity (Wildman–Crippen MR) is 70.2 cm³/mol. The molecule has 0 radical (unpaired) electrons. The van der Waals surface area contributed by atoms with Gasteiger partial charge in [-0.25, -0.2) is 4.98 Å². The molecule has 1 aromatic heterocycles. The molecule has 0 aromatic carbocycles. The van der Waals surface area contributed by atoms with Crippen LogP contribution < -0.4 is 5.73 Å². The zero-order chi connectivity index (χ0) is 12.1. The fourth-order valence-electron chi connectivity index (χ4n) is 1.55. The first-order valence-electron chi connectivity index (χ1n) is 5.46. The highest BCUT2D eigenvalue weighted by Gasteiger charge is 2.11. The largest absolute Gasteiger partial charge is 0.388 e. The molecule has 0 spiro atoms. The van der Waals surface area contributed by atoms with Gasteiger partial charge in [0.2, 0.25) is 0 Å².